The molecule has 3 aromatic rings. The Bertz CT molecular complexity index is 1000. The van der Waals surface area contributed by atoms with Crippen LogP contribution < -0.4 is 0 Å². The van der Waals surface area contributed by atoms with E-state index in [1.807, 2.05) is 37.3 Å². The molecule has 3 rings (SSSR count). The summed E-state index contributed by atoms with van der Waals surface area (Å²) >= 11 is 0. The second-order valence-electron chi connectivity index (χ2n) is 5.27. The largest absolute Gasteiger partial charge is 0.240 e. The Balaban J connectivity index is 0.000000197. The zero-order chi connectivity index (χ0) is 18.9. The Morgan fingerprint density at radius 3 is 2.31 bits per heavy atom. The molecule has 0 spiro atoms. The van der Waals surface area contributed by atoms with Crippen LogP contribution in [0.2, 0.25) is 0 Å². The number of carbonyl (C=O) groups excluding carboxylic acids is 2. The van der Waals surface area contributed by atoms with E-state index in [0.717, 1.165) is 23.1 Å². The third-order valence-corrected chi connectivity index (χ3v) is 3.60. The van der Waals surface area contributed by atoms with E-state index in [9.17, 15) is 18.4 Å². The number of halogens is 2. The van der Waals surface area contributed by atoms with E-state index in [1.165, 1.54) is 17.5 Å². The first-order valence-electron chi connectivity index (χ1n) is 7.64. The minimum atomic E-state index is -1.03. The molecule has 0 aliphatic heterocycles. The molecule has 26 heavy (non-hydrogen) atoms. The van der Waals surface area contributed by atoms with Gasteiger partial charge in [0.2, 0.25) is 12.2 Å². The topological polar surface area (TPSA) is 58.9 Å². The summed E-state index contributed by atoms with van der Waals surface area (Å²) in [6, 6.07) is 16.9. The van der Waals surface area contributed by atoms with Gasteiger partial charge in [-0.3, -0.25) is 0 Å². The molecule has 0 saturated carbocycles. The van der Waals surface area contributed by atoms with Gasteiger partial charge in [-0.2, -0.15) is 9.98 Å². The fourth-order valence-corrected chi connectivity index (χ4v) is 2.37. The van der Waals surface area contributed by atoms with Crippen LogP contribution in [-0.2, 0) is 9.59 Å². The molecule has 130 valence electrons. The fraction of sp³-hybridized carbons (Fsp3) is 0.100. The van der Waals surface area contributed by atoms with Crippen LogP contribution in [0.4, 0.5) is 14.5 Å². The summed E-state index contributed by atoms with van der Waals surface area (Å²) in [5, 5.41) is 2.31. The van der Waals surface area contributed by atoms with E-state index in [0.29, 0.717) is 0 Å². The molecule has 0 aliphatic carbocycles. The molecule has 0 bridgehead atoms. The first-order chi connectivity index (χ1) is 12.6. The number of hydrogen-bond donors (Lipinski definition) is 0. The summed E-state index contributed by atoms with van der Waals surface area (Å²) in [7, 11) is 0. The highest BCUT2D eigenvalue weighted by molar-refractivity contribution is 5.86. The molecule has 6 heteroatoms. The van der Waals surface area contributed by atoms with Crippen molar-refractivity contribution in [2.45, 2.75) is 13.0 Å². The number of isocyanates is 2. The van der Waals surface area contributed by atoms with Crippen molar-refractivity contribution < 1.29 is 18.4 Å². The minimum Gasteiger partial charge on any atom is -0.211 e. The van der Waals surface area contributed by atoms with Crippen molar-refractivity contribution in [3.63, 3.8) is 0 Å². The van der Waals surface area contributed by atoms with Crippen molar-refractivity contribution in [3.05, 3.63) is 77.9 Å². The van der Waals surface area contributed by atoms with Gasteiger partial charge in [0.25, 0.3) is 0 Å². The Morgan fingerprint density at radius 1 is 0.885 bits per heavy atom. The lowest BCUT2D eigenvalue weighted by Crippen LogP contribution is -1.90. The summed E-state index contributed by atoms with van der Waals surface area (Å²) < 4.78 is 24.6. The number of rotatable bonds is 3. The third-order valence-electron chi connectivity index (χ3n) is 3.60. The van der Waals surface area contributed by atoms with Crippen molar-refractivity contribution in [2.75, 3.05) is 0 Å². The van der Waals surface area contributed by atoms with Gasteiger partial charge in [-0.1, -0.05) is 42.5 Å². The lowest BCUT2D eigenvalue weighted by Gasteiger charge is -2.08. The van der Waals surface area contributed by atoms with Crippen molar-refractivity contribution in [2.24, 2.45) is 9.98 Å². The summed E-state index contributed by atoms with van der Waals surface area (Å²) in [6.45, 7) is 1.90. The lowest BCUT2D eigenvalue weighted by atomic mass is 10.0. The van der Waals surface area contributed by atoms with Crippen LogP contribution in [0.25, 0.3) is 10.8 Å². The number of benzene rings is 3. The number of hydrogen-bond acceptors (Lipinski definition) is 4. The van der Waals surface area contributed by atoms with Crippen molar-refractivity contribution in [1.29, 1.82) is 0 Å². The highest BCUT2D eigenvalue weighted by atomic mass is 19.2. The standard InChI is InChI=1S/C13H11NO.C7H3F2NO/c1-10(14-9-15)12-8-4-6-11-5-2-3-7-13(11)12;8-6-2-1-5(10-4-11)3-7(6)9/h2-8,10H,1H3;1-3H/t10-;/m0./s1. The van der Waals surface area contributed by atoms with E-state index >= 15 is 0 Å². The summed E-state index contributed by atoms with van der Waals surface area (Å²) in [5.74, 6) is -1.99. The van der Waals surface area contributed by atoms with Gasteiger partial charge >= 0.3 is 0 Å². The SMILES string of the molecule is C[C@H](N=C=O)c1cccc2ccccc12.O=C=Nc1ccc(F)c(F)c1. The quantitative estimate of drug-likeness (QED) is 0.482. The van der Waals surface area contributed by atoms with Gasteiger partial charge in [-0.25, -0.2) is 18.4 Å². The fourth-order valence-electron chi connectivity index (χ4n) is 2.37. The molecular formula is C20H14F2N2O2. The lowest BCUT2D eigenvalue weighted by molar-refractivity contribution is 0.509. The molecule has 0 N–H and O–H groups in total. The molecular weight excluding hydrogens is 338 g/mol. The second kappa shape index (κ2) is 9.14. The van der Waals surface area contributed by atoms with Crippen molar-refractivity contribution in [3.8, 4) is 0 Å². The van der Waals surface area contributed by atoms with Gasteiger partial charge in [-0.15, -0.1) is 0 Å². The van der Waals surface area contributed by atoms with E-state index in [-0.39, 0.29) is 11.7 Å². The van der Waals surface area contributed by atoms with E-state index in [2.05, 4.69) is 22.1 Å². The zero-order valence-electron chi connectivity index (χ0n) is 13.8. The molecule has 0 aromatic heterocycles. The highest BCUT2D eigenvalue weighted by Crippen LogP contribution is 2.25. The first-order valence-corrected chi connectivity index (χ1v) is 7.64. The van der Waals surface area contributed by atoms with Gasteiger partial charge in [0, 0.05) is 6.07 Å². The van der Waals surface area contributed by atoms with E-state index in [4.69, 9.17) is 0 Å². The summed E-state index contributed by atoms with van der Waals surface area (Å²) in [6.07, 6.45) is 2.82. The average molecular weight is 352 g/mol. The van der Waals surface area contributed by atoms with Crippen molar-refractivity contribution >= 4 is 28.6 Å². The zero-order valence-corrected chi connectivity index (χ0v) is 13.8. The van der Waals surface area contributed by atoms with E-state index in [1.54, 1.807) is 6.08 Å². The predicted octanol–water partition coefficient (Wildman–Crippen LogP) is 5.17. The molecule has 4 nitrogen and oxygen atoms in total. The van der Waals surface area contributed by atoms with Gasteiger partial charge < -0.3 is 0 Å². The maximum Gasteiger partial charge on any atom is 0.240 e. The Kier molecular flexibility index (Phi) is 6.63. The Morgan fingerprint density at radius 2 is 1.62 bits per heavy atom. The van der Waals surface area contributed by atoms with Crippen LogP contribution in [0.5, 0.6) is 0 Å². The molecule has 0 fully saturated rings. The van der Waals surface area contributed by atoms with Crippen LogP contribution in [0, 0.1) is 11.6 Å². The molecule has 3 aromatic carbocycles. The highest BCUT2D eigenvalue weighted by Gasteiger charge is 2.06. The van der Waals surface area contributed by atoms with Gasteiger partial charge in [-0.05, 0) is 35.4 Å². The maximum absolute atomic E-state index is 12.3. The molecule has 0 saturated heterocycles. The van der Waals surface area contributed by atoms with Crippen LogP contribution in [-0.4, -0.2) is 12.2 Å². The maximum atomic E-state index is 12.3. The Labute approximate surface area is 148 Å². The smallest absolute Gasteiger partial charge is 0.211 e. The molecule has 1 atom stereocenters. The third kappa shape index (κ3) is 4.77. The summed E-state index contributed by atoms with van der Waals surface area (Å²) in [5.41, 5.74) is 1.12. The second-order valence-corrected chi connectivity index (χ2v) is 5.27. The van der Waals surface area contributed by atoms with Crippen LogP contribution in [0.15, 0.2) is 70.6 Å². The summed E-state index contributed by atoms with van der Waals surface area (Å²) in [4.78, 5) is 26.7. The van der Waals surface area contributed by atoms with Crippen LogP contribution in [0.1, 0.15) is 18.5 Å². The Hall–Kier alpha value is -3.46. The molecule has 0 amide bonds. The predicted molar refractivity (Wildman–Crippen MR) is 94.6 cm³/mol. The van der Waals surface area contributed by atoms with Gasteiger partial charge in [0.15, 0.2) is 11.6 Å². The van der Waals surface area contributed by atoms with E-state index < -0.39 is 11.6 Å². The monoisotopic (exact) mass is 352 g/mol. The normalized spacial score (nSPS) is 10.7. The average Bonchev–Trinajstić information content (AvgIpc) is 2.65. The number of nitrogens with zero attached hydrogens (tertiary/aromatic N) is 2. The minimum absolute atomic E-state index is 0.0545. The molecule has 0 aliphatic rings. The molecule has 0 heterocycles. The van der Waals surface area contributed by atoms with Crippen LogP contribution >= 0.6 is 0 Å². The first kappa shape index (κ1) is 18.9. The number of aliphatic imine (C=N–C) groups is 2. The van der Waals surface area contributed by atoms with Gasteiger partial charge in [0.05, 0.1) is 11.7 Å². The molecule has 0 unspecified atom stereocenters. The molecule has 0 radical (unpaired) electrons. The van der Waals surface area contributed by atoms with Crippen LogP contribution in [0.3, 0.4) is 0 Å². The van der Waals surface area contributed by atoms with Crippen molar-refractivity contribution in [1.82, 2.24) is 0 Å². The van der Waals surface area contributed by atoms with Gasteiger partial charge in [0.1, 0.15) is 0 Å². The number of fused-ring (bicyclic) bond motifs is 1.